The number of carbonyl (C=O) groups is 2. The maximum absolute atomic E-state index is 12.2. The van der Waals surface area contributed by atoms with Crippen molar-refractivity contribution in [1.82, 2.24) is 14.9 Å². The molecule has 0 fully saturated rings. The number of hydrogen-bond donors (Lipinski definition) is 1. The second kappa shape index (κ2) is 7.48. The quantitative estimate of drug-likeness (QED) is 0.829. The maximum Gasteiger partial charge on any atom is 0.269 e. The van der Waals surface area contributed by atoms with Crippen molar-refractivity contribution in [3.05, 3.63) is 36.2 Å². The molecule has 132 valence electrons. The summed E-state index contributed by atoms with van der Waals surface area (Å²) >= 11 is 0. The first-order chi connectivity index (χ1) is 12.1. The van der Waals surface area contributed by atoms with Crippen LogP contribution in [0, 0.1) is 0 Å². The normalized spacial score (nSPS) is 16.2. The molecule has 25 heavy (non-hydrogen) atoms. The predicted octanol–water partition coefficient (Wildman–Crippen LogP) is 1.84. The van der Waals surface area contributed by atoms with E-state index in [0.29, 0.717) is 30.4 Å². The lowest BCUT2D eigenvalue weighted by atomic mass is 10.1. The third-order valence-electron chi connectivity index (χ3n) is 4.15. The van der Waals surface area contributed by atoms with Gasteiger partial charge in [0, 0.05) is 25.1 Å². The van der Waals surface area contributed by atoms with Crippen LogP contribution in [-0.2, 0) is 9.53 Å². The van der Waals surface area contributed by atoms with Crippen molar-refractivity contribution >= 4 is 11.7 Å². The van der Waals surface area contributed by atoms with E-state index in [0.717, 1.165) is 5.56 Å². The van der Waals surface area contributed by atoms with Gasteiger partial charge in [0.1, 0.15) is 23.9 Å². The number of carbonyl (C=O) groups excluding carboxylic acids is 2. The second-order valence-corrected chi connectivity index (χ2v) is 5.81. The monoisotopic (exact) mass is 343 g/mol. The van der Waals surface area contributed by atoms with Crippen LogP contribution in [0.5, 0.6) is 5.75 Å². The molecule has 1 aromatic carbocycles. The van der Waals surface area contributed by atoms with E-state index in [1.165, 1.54) is 0 Å². The van der Waals surface area contributed by atoms with Gasteiger partial charge in [0.15, 0.2) is 5.78 Å². The Morgan fingerprint density at radius 2 is 2.28 bits per heavy atom. The van der Waals surface area contributed by atoms with Crippen molar-refractivity contribution in [1.29, 1.82) is 0 Å². The molecule has 1 aliphatic rings. The van der Waals surface area contributed by atoms with Gasteiger partial charge < -0.3 is 19.4 Å². The van der Waals surface area contributed by atoms with Crippen molar-refractivity contribution < 1.29 is 19.1 Å². The molecular formula is C18H21N3O4. The number of benzene rings is 1. The van der Waals surface area contributed by atoms with Crippen molar-refractivity contribution in [2.24, 2.45) is 0 Å². The van der Waals surface area contributed by atoms with Crippen LogP contribution in [0.2, 0.25) is 0 Å². The van der Waals surface area contributed by atoms with Gasteiger partial charge in [-0.3, -0.25) is 9.59 Å². The summed E-state index contributed by atoms with van der Waals surface area (Å²) in [7, 11) is 1.60. The average Bonchev–Trinajstić information content (AvgIpc) is 3.08. The molecule has 1 N–H and O–H groups in total. The first kappa shape index (κ1) is 17.2. The van der Waals surface area contributed by atoms with E-state index in [-0.39, 0.29) is 30.8 Å². The Kier molecular flexibility index (Phi) is 5.14. The van der Waals surface area contributed by atoms with Gasteiger partial charge in [0.25, 0.3) is 5.91 Å². The van der Waals surface area contributed by atoms with Crippen LogP contribution >= 0.6 is 0 Å². The Bertz CT molecular complexity index is 784. The van der Waals surface area contributed by atoms with Crippen molar-refractivity contribution in [2.75, 3.05) is 26.9 Å². The number of hydrogen-bond acceptors (Lipinski definition) is 5. The topological polar surface area (TPSA) is 82.4 Å². The standard InChI is InChI=1S/C18H21N3O4/c1-3-25-11-14(22)8-13-9-20-18(23)16-10-19-17(21(13)16)12-5-4-6-15(7-12)24-2/h4-7,10,13H,3,8-9,11H2,1-2H3,(H,20,23). The van der Waals surface area contributed by atoms with Gasteiger partial charge in [-0.15, -0.1) is 0 Å². The highest BCUT2D eigenvalue weighted by atomic mass is 16.5. The van der Waals surface area contributed by atoms with Crippen LogP contribution < -0.4 is 10.1 Å². The zero-order valence-corrected chi connectivity index (χ0v) is 14.3. The highest BCUT2D eigenvalue weighted by molar-refractivity contribution is 5.94. The highest BCUT2D eigenvalue weighted by Crippen LogP contribution is 2.29. The van der Waals surface area contributed by atoms with E-state index in [1.54, 1.807) is 13.3 Å². The summed E-state index contributed by atoms with van der Waals surface area (Å²) in [6, 6.07) is 7.29. The summed E-state index contributed by atoms with van der Waals surface area (Å²) in [6.45, 7) is 2.82. The number of methoxy groups -OCH3 is 1. The van der Waals surface area contributed by atoms with Crippen molar-refractivity contribution in [2.45, 2.75) is 19.4 Å². The number of fused-ring (bicyclic) bond motifs is 1. The van der Waals surface area contributed by atoms with E-state index < -0.39 is 0 Å². The van der Waals surface area contributed by atoms with Crippen LogP contribution in [-0.4, -0.2) is 48.1 Å². The summed E-state index contributed by atoms with van der Waals surface area (Å²) in [6.07, 6.45) is 1.82. The van der Waals surface area contributed by atoms with E-state index in [4.69, 9.17) is 9.47 Å². The highest BCUT2D eigenvalue weighted by Gasteiger charge is 2.30. The molecule has 1 aliphatic heterocycles. The van der Waals surface area contributed by atoms with Gasteiger partial charge in [-0.2, -0.15) is 0 Å². The molecule has 3 rings (SSSR count). The van der Waals surface area contributed by atoms with E-state index in [2.05, 4.69) is 10.3 Å². The fourth-order valence-corrected chi connectivity index (χ4v) is 2.97. The number of ketones is 1. The first-order valence-electron chi connectivity index (χ1n) is 8.23. The molecule has 7 heteroatoms. The van der Waals surface area contributed by atoms with Gasteiger partial charge in [-0.05, 0) is 19.1 Å². The van der Waals surface area contributed by atoms with Gasteiger partial charge in [-0.1, -0.05) is 12.1 Å². The molecule has 0 aliphatic carbocycles. The average molecular weight is 343 g/mol. The number of ether oxygens (including phenoxy) is 2. The third-order valence-corrected chi connectivity index (χ3v) is 4.15. The Hall–Kier alpha value is -2.67. The van der Waals surface area contributed by atoms with Gasteiger partial charge >= 0.3 is 0 Å². The molecule has 0 saturated heterocycles. The molecule has 0 spiro atoms. The van der Waals surface area contributed by atoms with Crippen LogP contribution in [0.15, 0.2) is 30.5 Å². The second-order valence-electron chi connectivity index (χ2n) is 5.81. The van der Waals surface area contributed by atoms with Crippen LogP contribution in [0.3, 0.4) is 0 Å². The summed E-state index contributed by atoms with van der Waals surface area (Å²) in [5.41, 5.74) is 1.29. The van der Waals surface area contributed by atoms with Crippen molar-refractivity contribution in [3.63, 3.8) is 0 Å². The molecule has 1 unspecified atom stereocenters. The maximum atomic E-state index is 12.2. The number of aromatic nitrogens is 2. The lowest BCUT2D eigenvalue weighted by Gasteiger charge is -2.27. The van der Waals surface area contributed by atoms with Gasteiger partial charge in [-0.25, -0.2) is 4.98 Å². The fraction of sp³-hybridized carbons (Fsp3) is 0.389. The van der Waals surface area contributed by atoms with Crippen molar-refractivity contribution in [3.8, 4) is 17.1 Å². The zero-order chi connectivity index (χ0) is 17.8. The molecule has 0 bridgehead atoms. The Balaban J connectivity index is 1.95. The summed E-state index contributed by atoms with van der Waals surface area (Å²) < 4.78 is 12.3. The Morgan fingerprint density at radius 3 is 3.04 bits per heavy atom. The molecule has 1 amide bonds. The number of imidazole rings is 1. The molecule has 0 radical (unpaired) electrons. The summed E-state index contributed by atoms with van der Waals surface area (Å²) in [5.74, 6) is 1.17. The smallest absolute Gasteiger partial charge is 0.269 e. The minimum Gasteiger partial charge on any atom is -0.497 e. The lowest BCUT2D eigenvalue weighted by Crippen LogP contribution is -2.40. The largest absolute Gasteiger partial charge is 0.497 e. The molecule has 0 saturated carbocycles. The van der Waals surface area contributed by atoms with Gasteiger partial charge in [0.2, 0.25) is 0 Å². The molecule has 1 atom stereocenters. The molecule has 7 nitrogen and oxygen atoms in total. The number of Topliss-reactive ketones (excluding diaryl/α,β-unsaturated/α-hetero) is 1. The summed E-state index contributed by atoms with van der Waals surface area (Å²) in [5, 5.41) is 2.82. The molecule has 1 aromatic heterocycles. The van der Waals surface area contributed by atoms with Crippen LogP contribution in [0.4, 0.5) is 0 Å². The lowest BCUT2D eigenvalue weighted by molar-refractivity contribution is -0.124. The Morgan fingerprint density at radius 1 is 1.44 bits per heavy atom. The molecule has 2 aromatic rings. The minimum atomic E-state index is -0.190. The minimum absolute atomic E-state index is 0.000703. The third kappa shape index (κ3) is 3.56. The van der Waals surface area contributed by atoms with Gasteiger partial charge in [0.05, 0.1) is 19.3 Å². The zero-order valence-electron chi connectivity index (χ0n) is 14.3. The van der Waals surface area contributed by atoms with E-state index >= 15 is 0 Å². The number of nitrogens with zero attached hydrogens (tertiary/aromatic N) is 2. The fourth-order valence-electron chi connectivity index (χ4n) is 2.97. The molecule has 2 heterocycles. The van der Waals surface area contributed by atoms with E-state index in [9.17, 15) is 9.59 Å². The SMILES string of the molecule is CCOCC(=O)CC1CNC(=O)c2cnc(-c3cccc(OC)c3)n21. The van der Waals surface area contributed by atoms with Crippen LogP contribution in [0.25, 0.3) is 11.4 Å². The Labute approximate surface area is 146 Å². The number of rotatable bonds is 7. The summed E-state index contributed by atoms with van der Waals surface area (Å²) in [4.78, 5) is 28.7. The van der Waals surface area contributed by atoms with Crippen LogP contribution in [0.1, 0.15) is 29.9 Å². The predicted molar refractivity (Wildman–Crippen MR) is 91.7 cm³/mol. The number of amides is 1. The molecular weight excluding hydrogens is 322 g/mol. The number of nitrogens with one attached hydrogen (secondary N) is 1. The van der Waals surface area contributed by atoms with E-state index in [1.807, 2.05) is 35.8 Å². The first-order valence-corrected chi connectivity index (χ1v) is 8.23.